The van der Waals surface area contributed by atoms with E-state index in [-0.39, 0.29) is 0 Å². The molecule has 0 radical (unpaired) electrons. The van der Waals surface area contributed by atoms with Crippen LogP contribution in [0.25, 0.3) is 0 Å². The number of allylic oxidation sites excluding steroid dienone is 3. The van der Waals surface area contributed by atoms with Gasteiger partial charge in [-0.3, -0.25) is 0 Å². The van der Waals surface area contributed by atoms with Crippen LogP contribution in [0.4, 0.5) is 0 Å². The van der Waals surface area contributed by atoms with Crippen molar-refractivity contribution in [3.05, 3.63) is 24.8 Å². The maximum Gasteiger partial charge on any atom is -0.0236 e. The van der Waals surface area contributed by atoms with Gasteiger partial charge in [-0.05, 0) is 38.0 Å². The van der Waals surface area contributed by atoms with Gasteiger partial charge in [-0.25, -0.2) is 0 Å². The van der Waals surface area contributed by atoms with Crippen molar-refractivity contribution in [2.45, 2.75) is 71.6 Å². The van der Waals surface area contributed by atoms with E-state index in [1.165, 1.54) is 57.8 Å². The van der Waals surface area contributed by atoms with Gasteiger partial charge in [0.15, 0.2) is 0 Å². The van der Waals surface area contributed by atoms with Gasteiger partial charge >= 0.3 is 0 Å². The highest BCUT2D eigenvalue weighted by atomic mass is 14.1. The van der Waals surface area contributed by atoms with Crippen LogP contribution in [0.2, 0.25) is 0 Å². The van der Waals surface area contributed by atoms with Crippen LogP contribution in [0.5, 0.6) is 0 Å². The van der Waals surface area contributed by atoms with Crippen molar-refractivity contribution >= 4 is 0 Å². The van der Waals surface area contributed by atoms with Crippen molar-refractivity contribution in [2.24, 2.45) is 5.92 Å². The standard InChI is InChI=1S/C16H30/c1-4-7-9-10-11-13-15-16(6-3)14-12-8-5-2/h4,12,14,16H,1,5-11,13,15H2,2-3H3. The lowest BCUT2D eigenvalue weighted by Crippen LogP contribution is -1.94. The Morgan fingerprint density at radius 3 is 2.38 bits per heavy atom. The van der Waals surface area contributed by atoms with Gasteiger partial charge in [-0.15, -0.1) is 6.58 Å². The highest BCUT2D eigenvalue weighted by molar-refractivity contribution is 4.87. The molecule has 0 heterocycles. The van der Waals surface area contributed by atoms with Gasteiger partial charge < -0.3 is 0 Å². The fraction of sp³-hybridized carbons (Fsp3) is 0.750. The Morgan fingerprint density at radius 1 is 1.00 bits per heavy atom. The van der Waals surface area contributed by atoms with Gasteiger partial charge in [0.25, 0.3) is 0 Å². The average molecular weight is 222 g/mol. The van der Waals surface area contributed by atoms with Crippen molar-refractivity contribution in [2.75, 3.05) is 0 Å². The van der Waals surface area contributed by atoms with E-state index in [9.17, 15) is 0 Å². The Hall–Kier alpha value is -0.520. The fourth-order valence-corrected chi connectivity index (χ4v) is 1.94. The van der Waals surface area contributed by atoms with Gasteiger partial charge in [0.1, 0.15) is 0 Å². The predicted molar refractivity (Wildman–Crippen MR) is 75.7 cm³/mol. The average Bonchev–Trinajstić information content (AvgIpc) is 2.31. The third-order valence-electron chi connectivity index (χ3n) is 3.12. The molecular weight excluding hydrogens is 192 g/mol. The summed E-state index contributed by atoms with van der Waals surface area (Å²) in [5.41, 5.74) is 0. The summed E-state index contributed by atoms with van der Waals surface area (Å²) in [6.45, 7) is 8.30. The monoisotopic (exact) mass is 222 g/mol. The predicted octanol–water partition coefficient (Wildman–Crippen LogP) is 5.90. The fourth-order valence-electron chi connectivity index (χ4n) is 1.94. The largest absolute Gasteiger partial charge is 0.103 e. The first-order chi connectivity index (χ1) is 7.85. The molecule has 0 aliphatic rings. The normalized spacial score (nSPS) is 13.1. The van der Waals surface area contributed by atoms with E-state index in [0.29, 0.717) is 0 Å². The van der Waals surface area contributed by atoms with Crippen LogP contribution in [-0.4, -0.2) is 0 Å². The Balaban J connectivity index is 3.43. The van der Waals surface area contributed by atoms with E-state index in [4.69, 9.17) is 0 Å². The van der Waals surface area contributed by atoms with E-state index in [1.54, 1.807) is 0 Å². The van der Waals surface area contributed by atoms with Crippen LogP contribution in [-0.2, 0) is 0 Å². The molecule has 0 aromatic carbocycles. The minimum Gasteiger partial charge on any atom is -0.103 e. The third-order valence-corrected chi connectivity index (χ3v) is 3.12. The smallest absolute Gasteiger partial charge is 0.0236 e. The van der Waals surface area contributed by atoms with Gasteiger partial charge in [-0.1, -0.05) is 57.8 Å². The molecule has 0 spiro atoms. The second kappa shape index (κ2) is 12.5. The Bertz CT molecular complexity index is 167. The van der Waals surface area contributed by atoms with Crippen LogP contribution < -0.4 is 0 Å². The number of rotatable bonds is 11. The van der Waals surface area contributed by atoms with E-state index in [2.05, 4.69) is 32.6 Å². The maximum absolute atomic E-state index is 3.75. The van der Waals surface area contributed by atoms with Gasteiger partial charge in [0.2, 0.25) is 0 Å². The third kappa shape index (κ3) is 10.0. The molecule has 0 fully saturated rings. The second-order valence-corrected chi connectivity index (χ2v) is 4.67. The SMILES string of the molecule is C=CCCCCCCC(C=CCCC)CC. The van der Waals surface area contributed by atoms with Crippen LogP contribution in [0.3, 0.4) is 0 Å². The quantitative estimate of drug-likeness (QED) is 0.302. The zero-order valence-electron chi connectivity index (χ0n) is 11.4. The molecule has 0 saturated carbocycles. The van der Waals surface area contributed by atoms with Crippen molar-refractivity contribution in [1.29, 1.82) is 0 Å². The number of hydrogen-bond donors (Lipinski definition) is 0. The van der Waals surface area contributed by atoms with E-state index in [1.807, 2.05) is 6.08 Å². The van der Waals surface area contributed by atoms with Gasteiger partial charge in [0.05, 0.1) is 0 Å². The molecule has 0 bridgehead atoms. The van der Waals surface area contributed by atoms with Crippen molar-refractivity contribution in [3.8, 4) is 0 Å². The second-order valence-electron chi connectivity index (χ2n) is 4.67. The molecule has 0 aromatic rings. The van der Waals surface area contributed by atoms with Gasteiger partial charge in [0, 0.05) is 0 Å². The Morgan fingerprint density at radius 2 is 1.75 bits per heavy atom. The first kappa shape index (κ1) is 15.5. The van der Waals surface area contributed by atoms with Crippen LogP contribution in [0.15, 0.2) is 24.8 Å². The summed E-state index contributed by atoms with van der Waals surface area (Å²) in [6.07, 6.45) is 18.7. The molecule has 0 aliphatic carbocycles. The lowest BCUT2D eigenvalue weighted by atomic mass is 9.97. The summed E-state index contributed by atoms with van der Waals surface area (Å²) in [5, 5.41) is 0. The van der Waals surface area contributed by atoms with E-state index in [0.717, 1.165) is 5.92 Å². The molecule has 0 nitrogen and oxygen atoms in total. The van der Waals surface area contributed by atoms with Crippen molar-refractivity contribution in [1.82, 2.24) is 0 Å². The summed E-state index contributed by atoms with van der Waals surface area (Å²) in [7, 11) is 0. The lowest BCUT2D eigenvalue weighted by molar-refractivity contribution is 0.514. The highest BCUT2D eigenvalue weighted by Crippen LogP contribution is 2.16. The Labute approximate surface area is 103 Å². The molecule has 0 N–H and O–H groups in total. The van der Waals surface area contributed by atoms with Crippen LogP contribution >= 0.6 is 0 Å². The molecular formula is C16H30. The molecule has 0 heteroatoms. The Kier molecular flexibility index (Phi) is 12.1. The van der Waals surface area contributed by atoms with Crippen molar-refractivity contribution < 1.29 is 0 Å². The highest BCUT2D eigenvalue weighted by Gasteiger charge is 2.00. The minimum absolute atomic E-state index is 0.825. The zero-order chi connectivity index (χ0) is 12.1. The molecule has 0 aliphatic heterocycles. The number of hydrogen-bond acceptors (Lipinski definition) is 0. The van der Waals surface area contributed by atoms with Crippen molar-refractivity contribution in [3.63, 3.8) is 0 Å². The molecule has 0 aromatic heterocycles. The molecule has 1 unspecified atom stereocenters. The van der Waals surface area contributed by atoms with E-state index >= 15 is 0 Å². The summed E-state index contributed by atoms with van der Waals surface area (Å²) in [6, 6.07) is 0. The first-order valence-electron chi connectivity index (χ1n) is 7.12. The zero-order valence-corrected chi connectivity index (χ0v) is 11.4. The van der Waals surface area contributed by atoms with Crippen LogP contribution in [0.1, 0.15) is 71.6 Å². The molecule has 0 rings (SSSR count). The minimum atomic E-state index is 0.825. The topological polar surface area (TPSA) is 0 Å². The summed E-state index contributed by atoms with van der Waals surface area (Å²) in [4.78, 5) is 0. The molecule has 0 amide bonds. The molecule has 94 valence electrons. The molecule has 0 saturated heterocycles. The molecule has 16 heavy (non-hydrogen) atoms. The van der Waals surface area contributed by atoms with E-state index < -0.39 is 0 Å². The summed E-state index contributed by atoms with van der Waals surface area (Å²) in [5.74, 6) is 0.825. The first-order valence-corrected chi connectivity index (χ1v) is 7.12. The number of unbranched alkanes of at least 4 members (excludes halogenated alkanes) is 5. The molecule has 1 atom stereocenters. The maximum atomic E-state index is 3.75. The van der Waals surface area contributed by atoms with Gasteiger partial charge in [-0.2, -0.15) is 0 Å². The summed E-state index contributed by atoms with van der Waals surface area (Å²) >= 11 is 0. The van der Waals surface area contributed by atoms with Crippen LogP contribution in [0, 0.1) is 5.92 Å². The summed E-state index contributed by atoms with van der Waals surface area (Å²) < 4.78 is 0. The lowest BCUT2D eigenvalue weighted by Gasteiger charge is -2.09.